The minimum atomic E-state index is -0.427. The van der Waals surface area contributed by atoms with Gasteiger partial charge in [0.25, 0.3) is 0 Å². The molecule has 0 aromatic heterocycles. The molecule has 0 aliphatic carbocycles. The fraction of sp³-hybridized carbons (Fsp3) is 0.364. The predicted octanol–water partition coefficient (Wildman–Crippen LogP) is 1.74. The van der Waals surface area contributed by atoms with Gasteiger partial charge in [-0.2, -0.15) is 0 Å². The number of hydrogen-bond donors (Lipinski definition) is 1. The third-order valence-electron chi connectivity index (χ3n) is 2.76. The molecule has 1 aliphatic rings. The van der Waals surface area contributed by atoms with Gasteiger partial charge in [-0.3, -0.25) is 0 Å². The average molecular weight is 219 g/mol. The first-order valence-electron chi connectivity index (χ1n) is 5.06. The van der Waals surface area contributed by atoms with Crippen molar-refractivity contribution in [2.75, 3.05) is 0 Å². The lowest BCUT2D eigenvalue weighted by molar-refractivity contribution is -0.354. The Morgan fingerprint density at radius 2 is 2.00 bits per heavy atom. The largest absolute Gasteiger partial charge is 0.373 e. The predicted molar refractivity (Wildman–Crippen MR) is 60.8 cm³/mol. The molecule has 16 heavy (non-hydrogen) atoms. The monoisotopic (exact) mass is 219 g/mol. The summed E-state index contributed by atoms with van der Waals surface area (Å²) in [7, 11) is 0. The molecule has 0 bridgehead atoms. The van der Waals surface area contributed by atoms with E-state index in [1.54, 1.807) is 0 Å². The third kappa shape index (κ3) is 1.64. The van der Waals surface area contributed by atoms with Crippen molar-refractivity contribution < 1.29 is 4.92 Å². The van der Waals surface area contributed by atoms with E-state index in [1.165, 1.54) is 0 Å². The summed E-state index contributed by atoms with van der Waals surface area (Å²) in [4.78, 5) is 10.5. The summed E-state index contributed by atoms with van der Waals surface area (Å²) in [5.41, 5.74) is 3.31. The number of hydrogen-bond acceptors (Lipinski definition) is 4. The average Bonchev–Trinajstić information content (AvgIpc) is 2.55. The van der Waals surface area contributed by atoms with Crippen molar-refractivity contribution in [2.45, 2.75) is 25.3 Å². The number of hydrazone groups is 1. The van der Waals surface area contributed by atoms with E-state index in [9.17, 15) is 10.1 Å². The second kappa shape index (κ2) is 3.59. The molecule has 0 saturated heterocycles. The summed E-state index contributed by atoms with van der Waals surface area (Å²) in [5.74, 6) is -0.333. The third-order valence-corrected chi connectivity index (χ3v) is 2.76. The zero-order valence-corrected chi connectivity index (χ0v) is 9.18. The van der Waals surface area contributed by atoms with Crippen LogP contribution in [0.3, 0.4) is 0 Å². The molecule has 1 aromatic rings. The van der Waals surface area contributed by atoms with Crippen LogP contribution in [0, 0.1) is 10.1 Å². The number of nitro groups is 1. The van der Waals surface area contributed by atoms with E-state index in [2.05, 4.69) is 10.5 Å². The van der Waals surface area contributed by atoms with Crippen molar-refractivity contribution >= 4 is 5.84 Å². The highest BCUT2D eigenvalue weighted by molar-refractivity contribution is 5.85. The molecular weight excluding hydrogens is 206 g/mol. The SMILES string of the molecule is CC1(C)NN=C([N+](=O)[O-])C1c1ccccc1. The molecule has 1 atom stereocenters. The second-order valence-electron chi connectivity index (χ2n) is 4.40. The van der Waals surface area contributed by atoms with Crippen LogP contribution in [0.25, 0.3) is 0 Å². The highest BCUT2D eigenvalue weighted by atomic mass is 16.6. The normalized spacial score (nSPS) is 22.4. The Balaban J connectivity index is 2.44. The molecule has 84 valence electrons. The van der Waals surface area contributed by atoms with Crippen LogP contribution in [0.4, 0.5) is 0 Å². The number of amidine groups is 1. The Morgan fingerprint density at radius 1 is 1.38 bits per heavy atom. The van der Waals surface area contributed by atoms with E-state index in [-0.39, 0.29) is 11.8 Å². The number of nitrogens with one attached hydrogen (secondary N) is 1. The molecule has 0 spiro atoms. The summed E-state index contributed by atoms with van der Waals surface area (Å²) >= 11 is 0. The van der Waals surface area contributed by atoms with Gasteiger partial charge in [-0.25, -0.2) is 5.43 Å². The van der Waals surface area contributed by atoms with E-state index in [0.29, 0.717) is 0 Å². The molecule has 0 fully saturated rings. The lowest BCUT2D eigenvalue weighted by Gasteiger charge is -2.23. The van der Waals surface area contributed by atoms with Crippen molar-refractivity contribution in [3.05, 3.63) is 46.0 Å². The molecule has 1 N–H and O–H groups in total. The standard InChI is InChI=1S/C11H13N3O2/c1-11(2)9(8-6-4-3-5-7-8)10(12-13-11)14(15)16/h3-7,9,13H,1-2H3. The molecule has 5 heteroatoms. The Bertz CT molecular complexity index is 440. The van der Waals surface area contributed by atoms with Gasteiger partial charge in [0.05, 0.1) is 5.54 Å². The number of benzene rings is 1. The lowest BCUT2D eigenvalue weighted by atomic mass is 9.82. The van der Waals surface area contributed by atoms with Crippen LogP contribution in [-0.4, -0.2) is 16.3 Å². The maximum Gasteiger partial charge on any atom is 0.373 e. The van der Waals surface area contributed by atoms with E-state index < -0.39 is 10.5 Å². The van der Waals surface area contributed by atoms with Crippen molar-refractivity contribution in [1.29, 1.82) is 0 Å². The van der Waals surface area contributed by atoms with Gasteiger partial charge in [-0.1, -0.05) is 30.3 Å². The van der Waals surface area contributed by atoms with Gasteiger partial charge in [0.1, 0.15) is 5.92 Å². The number of rotatable bonds is 1. The molecule has 1 aromatic carbocycles. The van der Waals surface area contributed by atoms with Gasteiger partial charge in [0.2, 0.25) is 0 Å². The van der Waals surface area contributed by atoms with Gasteiger partial charge in [0.15, 0.2) is 0 Å². The van der Waals surface area contributed by atoms with E-state index in [1.807, 2.05) is 44.2 Å². The maximum absolute atomic E-state index is 10.9. The molecule has 0 saturated carbocycles. The highest BCUT2D eigenvalue weighted by Crippen LogP contribution is 2.33. The smallest absolute Gasteiger partial charge is 0.358 e. The Labute approximate surface area is 93.3 Å². The Kier molecular flexibility index (Phi) is 2.38. The van der Waals surface area contributed by atoms with E-state index >= 15 is 0 Å². The molecule has 2 rings (SSSR count). The summed E-state index contributed by atoms with van der Waals surface area (Å²) in [6, 6.07) is 9.42. The van der Waals surface area contributed by atoms with E-state index in [4.69, 9.17) is 0 Å². The Hall–Kier alpha value is -1.91. The molecule has 1 heterocycles. The van der Waals surface area contributed by atoms with Crippen LogP contribution in [-0.2, 0) is 0 Å². The minimum absolute atomic E-state index is 0.0174. The summed E-state index contributed by atoms with van der Waals surface area (Å²) in [5, 5.41) is 14.7. The van der Waals surface area contributed by atoms with Crippen LogP contribution in [0.2, 0.25) is 0 Å². The molecule has 1 unspecified atom stereocenters. The van der Waals surface area contributed by atoms with Crippen LogP contribution in [0.1, 0.15) is 25.3 Å². The molecule has 1 aliphatic heterocycles. The van der Waals surface area contributed by atoms with Crippen LogP contribution in [0.15, 0.2) is 35.4 Å². The van der Waals surface area contributed by atoms with Crippen molar-refractivity contribution in [3.63, 3.8) is 0 Å². The first kappa shape index (κ1) is 10.6. The topological polar surface area (TPSA) is 67.5 Å². The Morgan fingerprint density at radius 3 is 2.56 bits per heavy atom. The molecule has 0 amide bonds. The fourth-order valence-corrected chi connectivity index (χ4v) is 2.01. The summed E-state index contributed by atoms with van der Waals surface area (Å²) < 4.78 is 0. The maximum atomic E-state index is 10.9. The number of nitrogens with zero attached hydrogens (tertiary/aromatic N) is 2. The van der Waals surface area contributed by atoms with Crippen molar-refractivity contribution in [2.24, 2.45) is 5.10 Å². The summed E-state index contributed by atoms with van der Waals surface area (Å²) in [6.07, 6.45) is 0. The van der Waals surface area contributed by atoms with Gasteiger partial charge in [-0.05, 0) is 24.3 Å². The van der Waals surface area contributed by atoms with Crippen LogP contribution < -0.4 is 5.43 Å². The zero-order chi connectivity index (χ0) is 11.8. The van der Waals surface area contributed by atoms with Gasteiger partial charge in [-0.15, -0.1) is 0 Å². The van der Waals surface area contributed by atoms with E-state index in [0.717, 1.165) is 5.56 Å². The van der Waals surface area contributed by atoms with Gasteiger partial charge in [0, 0.05) is 5.10 Å². The first-order valence-corrected chi connectivity index (χ1v) is 5.06. The zero-order valence-electron chi connectivity index (χ0n) is 9.18. The highest BCUT2D eigenvalue weighted by Gasteiger charge is 2.47. The molecular formula is C11H13N3O2. The fourth-order valence-electron chi connectivity index (χ4n) is 2.01. The van der Waals surface area contributed by atoms with Crippen LogP contribution >= 0.6 is 0 Å². The van der Waals surface area contributed by atoms with Crippen LogP contribution in [0.5, 0.6) is 0 Å². The molecule has 5 nitrogen and oxygen atoms in total. The quantitative estimate of drug-likeness (QED) is 0.578. The van der Waals surface area contributed by atoms with Crippen molar-refractivity contribution in [1.82, 2.24) is 5.43 Å². The first-order chi connectivity index (χ1) is 7.52. The summed E-state index contributed by atoms with van der Waals surface area (Å²) in [6.45, 7) is 3.81. The minimum Gasteiger partial charge on any atom is -0.358 e. The van der Waals surface area contributed by atoms with Gasteiger partial charge < -0.3 is 10.1 Å². The second-order valence-corrected chi connectivity index (χ2v) is 4.40. The van der Waals surface area contributed by atoms with Gasteiger partial charge >= 0.3 is 5.84 Å². The van der Waals surface area contributed by atoms with Crippen molar-refractivity contribution in [3.8, 4) is 0 Å². The molecule has 0 radical (unpaired) electrons. The lowest BCUT2D eigenvalue weighted by Crippen LogP contribution is -2.39.